The second kappa shape index (κ2) is 57.4. The molecule has 0 bridgehead atoms. The van der Waals surface area contributed by atoms with Crippen molar-refractivity contribution in [1.82, 2.24) is 59.8 Å². The van der Waals surface area contributed by atoms with Crippen LogP contribution >= 0.6 is 0 Å². The molecular weight excluding hydrogens is 2340 g/mol. The summed E-state index contributed by atoms with van der Waals surface area (Å²) in [6.07, 6.45) is 20.2. The molecule has 12 aromatic heterocycles. The van der Waals surface area contributed by atoms with Gasteiger partial charge in [-0.05, 0) is 154 Å². The number of aromatic nitrogens is 12. The average molecular weight is 2440 g/mol. The Bertz CT molecular complexity index is 6010. The van der Waals surface area contributed by atoms with Gasteiger partial charge in [-0.3, -0.25) is 19.9 Å². The van der Waals surface area contributed by atoms with Crippen molar-refractivity contribution in [2.45, 2.75) is 53.4 Å². The van der Waals surface area contributed by atoms with Crippen LogP contribution in [0.1, 0.15) is 57.6 Å². The summed E-state index contributed by atoms with van der Waals surface area (Å²) < 4.78 is 0. The van der Waals surface area contributed by atoms with Crippen molar-refractivity contribution < 1.29 is 80.4 Å². The van der Waals surface area contributed by atoms with Gasteiger partial charge in [-0.1, -0.05) is 150 Å². The van der Waals surface area contributed by atoms with Gasteiger partial charge in [-0.25, -0.2) is 0 Å². The van der Waals surface area contributed by atoms with E-state index in [2.05, 4.69) is 182 Å². The van der Waals surface area contributed by atoms with E-state index < -0.39 is 0 Å². The number of rotatable bonds is 16. The summed E-state index contributed by atoms with van der Waals surface area (Å²) in [6.45, 7) is 10.8. The first-order valence-corrected chi connectivity index (χ1v) is 42.7. The summed E-state index contributed by atoms with van der Waals surface area (Å²) in [4.78, 5) is 53.0. The van der Waals surface area contributed by atoms with Gasteiger partial charge in [0.15, 0.2) is 0 Å². The Balaban J connectivity index is 0.000000172. The van der Waals surface area contributed by atoms with Gasteiger partial charge in [-0.15, -0.1) is 287 Å². The fraction of sp³-hybridized carbons (Fsp3) is 0.0769. The molecule has 12 heterocycles. The molecule has 0 saturated carbocycles. The second-order valence-electron chi connectivity index (χ2n) is 29.6. The smallest absolute Gasteiger partial charge is 0.0720 e. The molecule has 0 atom stereocenters. The Kier molecular flexibility index (Phi) is 44.4. The van der Waals surface area contributed by atoms with E-state index in [1.807, 2.05) is 358 Å². The number of aryl methyl sites for hydroxylation is 1. The second-order valence-corrected chi connectivity index (χ2v) is 29.6. The first-order chi connectivity index (χ1) is 63.6. The predicted octanol–water partition coefficient (Wildman–Crippen LogP) is 27.5. The maximum absolute atomic E-state index is 4.74. The molecule has 0 N–H and O–H groups in total. The SMILES string of the molecule is CC(C)Cc1cccc(-c2ccc(-c3[c-]cccc3)nc2)n1.CC(C)c1cccc(-c2ccc(-c3[c-]cccc3)nc2)n1.CCc1cccc(-c2ccc(-c3[c-]cccc3)nc2)n1.[Ir].[Ir].[Ir].[Ir].[c-]1ccccc1-c1ccc(-c2ccncc2)cn1.[c-]1ccccc1-c1ccccn1.[c-]1ccccc1-c1ccccn1.[c-]1ccccc1-c1ccccn1.[c-]1ccccc1-c1ccccn1. The predicted molar refractivity (Wildman–Crippen MR) is 523 cm³/mol. The van der Waals surface area contributed by atoms with Gasteiger partial charge >= 0.3 is 0 Å². The number of hydrogen-bond donors (Lipinski definition) is 0. The van der Waals surface area contributed by atoms with Gasteiger partial charge in [0.05, 0.1) is 17.1 Å². The quantitative estimate of drug-likeness (QED) is 0.0846. The zero-order valence-corrected chi connectivity index (χ0v) is 83.5. The van der Waals surface area contributed by atoms with Crippen LogP contribution in [0.25, 0.3) is 135 Å². The molecular formula is C117H94Ir4N12-8. The number of nitrogens with zero attached hydrogens (tertiary/aromatic N) is 12. The first kappa shape index (κ1) is 103. The molecule has 0 spiro atoms. The number of pyridine rings is 12. The Hall–Kier alpha value is -13.8. The van der Waals surface area contributed by atoms with Crippen LogP contribution in [0.3, 0.4) is 0 Å². The normalized spacial score (nSPS) is 9.95. The van der Waals surface area contributed by atoms with E-state index in [1.165, 1.54) is 0 Å². The molecule has 20 rings (SSSR count). The van der Waals surface area contributed by atoms with E-state index in [0.717, 1.165) is 165 Å². The maximum Gasteiger partial charge on any atom is 0.0720 e. The molecule has 12 nitrogen and oxygen atoms in total. The van der Waals surface area contributed by atoms with Gasteiger partial charge in [0.1, 0.15) is 0 Å². The maximum atomic E-state index is 4.74. The summed E-state index contributed by atoms with van der Waals surface area (Å²) in [5, 5.41) is 0. The van der Waals surface area contributed by atoms with Crippen molar-refractivity contribution in [2.24, 2.45) is 5.92 Å². The largest absolute Gasteiger partial charge is 0.305 e. The average Bonchev–Trinajstić information content (AvgIpc) is 0.848. The first-order valence-electron chi connectivity index (χ1n) is 42.7. The van der Waals surface area contributed by atoms with E-state index >= 15 is 0 Å². The van der Waals surface area contributed by atoms with Gasteiger partial charge in [-0.2, -0.15) is 0 Å². The zero-order valence-electron chi connectivity index (χ0n) is 73.9. The minimum Gasteiger partial charge on any atom is -0.305 e. The number of benzene rings is 8. The molecule has 0 unspecified atom stereocenters. The molecule has 666 valence electrons. The summed E-state index contributed by atoms with van der Waals surface area (Å²) in [6, 6.07) is 150. The van der Waals surface area contributed by atoms with Gasteiger partial charge in [0.25, 0.3) is 0 Å². The van der Waals surface area contributed by atoms with Crippen LogP contribution in [0.4, 0.5) is 0 Å². The minimum absolute atomic E-state index is 0. The molecule has 0 aliphatic rings. The standard InChI is InChI=1S/C20H19N2.C19H17N2.C18H15N2.C16H11N2.4C11H8N.4Ir/c1-15(2)13-18-9-6-10-20(22-18)17-11-12-19(21-14-17)16-7-4-3-5-8-16;1-14(2)17-9-6-10-19(21-17)16-11-12-18(20-13-16)15-7-4-3-5-8-15;1-2-16-9-6-10-18(20-16)15-11-12-17(19-13-15)14-7-4-3-5-8-14;1-2-4-14(5-3-1)16-7-6-15(12-18-16)13-8-10-17-11-9-13;4*1-2-6-10(7-3-1)11-8-4-5-9-12-11;;;;/h3-7,9-12,14-15H,13H2,1-2H3;3-7,9-14H,1-2H3;3-7,9-13H,2H2,1H3;1-4,6-12H;4*1-6,8-9H;;;;/q8*-1;;;;. The fourth-order valence-corrected chi connectivity index (χ4v) is 12.8. The minimum atomic E-state index is 0. The van der Waals surface area contributed by atoms with E-state index in [9.17, 15) is 0 Å². The van der Waals surface area contributed by atoms with E-state index in [1.54, 1.807) is 37.2 Å². The molecule has 4 radical (unpaired) electrons. The summed E-state index contributed by atoms with van der Waals surface area (Å²) in [7, 11) is 0. The Labute approximate surface area is 836 Å². The monoisotopic (exact) mass is 2440 g/mol. The Morgan fingerprint density at radius 3 is 0.714 bits per heavy atom. The third-order valence-corrected chi connectivity index (χ3v) is 19.4. The van der Waals surface area contributed by atoms with Crippen LogP contribution in [0.5, 0.6) is 0 Å². The van der Waals surface area contributed by atoms with Crippen molar-refractivity contribution in [3.05, 3.63) is 510 Å². The molecule has 16 heteroatoms. The van der Waals surface area contributed by atoms with Crippen LogP contribution in [0.15, 0.2) is 444 Å². The third kappa shape index (κ3) is 33.5. The molecule has 133 heavy (non-hydrogen) atoms. The van der Waals surface area contributed by atoms with Crippen LogP contribution in [0.2, 0.25) is 0 Å². The Morgan fingerprint density at radius 1 is 0.211 bits per heavy atom. The van der Waals surface area contributed by atoms with Gasteiger partial charge in [0.2, 0.25) is 0 Å². The number of hydrogen-bond acceptors (Lipinski definition) is 12. The van der Waals surface area contributed by atoms with Crippen LogP contribution in [0, 0.1) is 54.4 Å². The van der Waals surface area contributed by atoms with Gasteiger partial charge < -0.3 is 39.9 Å². The van der Waals surface area contributed by atoms with E-state index in [4.69, 9.17) is 9.97 Å². The molecule has 0 amide bonds. The molecule has 0 fully saturated rings. The van der Waals surface area contributed by atoms with Crippen molar-refractivity contribution in [3.8, 4) is 135 Å². The third-order valence-electron chi connectivity index (χ3n) is 19.4. The van der Waals surface area contributed by atoms with Crippen molar-refractivity contribution >= 4 is 0 Å². The molecule has 0 aliphatic carbocycles. The zero-order chi connectivity index (χ0) is 88.9. The summed E-state index contributed by atoms with van der Waals surface area (Å²) in [5.74, 6) is 1.04. The topological polar surface area (TPSA) is 155 Å². The summed E-state index contributed by atoms with van der Waals surface area (Å²) >= 11 is 0. The van der Waals surface area contributed by atoms with Crippen LogP contribution < -0.4 is 0 Å². The van der Waals surface area contributed by atoms with Crippen LogP contribution in [-0.4, -0.2) is 59.8 Å². The molecule has 0 aliphatic heterocycles. The van der Waals surface area contributed by atoms with Crippen molar-refractivity contribution in [1.29, 1.82) is 0 Å². The van der Waals surface area contributed by atoms with Crippen LogP contribution in [-0.2, 0) is 93.3 Å². The van der Waals surface area contributed by atoms with Gasteiger partial charge in [0, 0.05) is 176 Å². The molecule has 8 aromatic carbocycles. The van der Waals surface area contributed by atoms with Crippen molar-refractivity contribution in [2.75, 3.05) is 0 Å². The summed E-state index contributed by atoms with van der Waals surface area (Å²) in [5.41, 5.74) is 27.4. The van der Waals surface area contributed by atoms with Crippen molar-refractivity contribution in [3.63, 3.8) is 0 Å². The van der Waals surface area contributed by atoms with E-state index in [-0.39, 0.29) is 80.4 Å². The molecule has 20 aromatic rings. The fourth-order valence-electron chi connectivity index (χ4n) is 12.8. The van der Waals surface area contributed by atoms with E-state index in [0.29, 0.717) is 11.8 Å². The Morgan fingerprint density at radius 2 is 0.466 bits per heavy atom. The molecule has 0 saturated heterocycles.